The largest absolute Gasteiger partial charge is 0.440 e. The van der Waals surface area contributed by atoms with Gasteiger partial charge in [-0.3, -0.25) is 0 Å². The predicted octanol–water partition coefficient (Wildman–Crippen LogP) is 3.09. The van der Waals surface area contributed by atoms with Gasteiger partial charge in [-0.15, -0.1) is 0 Å². The topological polar surface area (TPSA) is 85.1 Å². The Morgan fingerprint density at radius 1 is 1.14 bits per heavy atom. The van der Waals surface area contributed by atoms with E-state index in [1.165, 1.54) is 0 Å². The number of nitriles is 1. The molecular weight excluding hydrogens is 377 g/mol. The summed E-state index contributed by atoms with van der Waals surface area (Å²) in [6.45, 7) is 0. The summed E-state index contributed by atoms with van der Waals surface area (Å²) in [6, 6.07) is 15.5. The van der Waals surface area contributed by atoms with Crippen LogP contribution in [0, 0.1) is 14.9 Å². The van der Waals surface area contributed by atoms with E-state index in [4.69, 9.17) is 16.2 Å². The number of halogens is 1. The maximum Gasteiger partial charge on any atom is 0.205 e. The number of ether oxygens (including phenoxy) is 1. The fourth-order valence-electron chi connectivity index (χ4n) is 2.51. The lowest BCUT2D eigenvalue weighted by Gasteiger charge is -2.26. The first-order valence-electron chi connectivity index (χ1n) is 6.32. The second-order valence-electron chi connectivity index (χ2n) is 4.78. The summed E-state index contributed by atoms with van der Waals surface area (Å²) in [4.78, 5) is 0. The van der Waals surface area contributed by atoms with Crippen LogP contribution in [0.2, 0.25) is 0 Å². The molecule has 5 heteroatoms. The molecule has 2 aromatic rings. The lowest BCUT2D eigenvalue weighted by atomic mass is 9.83. The Hall–Kier alpha value is -2.20. The fourth-order valence-corrected chi connectivity index (χ4v) is 3.08. The van der Waals surface area contributed by atoms with Crippen LogP contribution in [0.4, 0.5) is 5.69 Å². The minimum absolute atomic E-state index is 0.152. The van der Waals surface area contributed by atoms with Gasteiger partial charge < -0.3 is 16.2 Å². The highest BCUT2D eigenvalue weighted by atomic mass is 127. The molecule has 1 heterocycles. The van der Waals surface area contributed by atoms with Crippen LogP contribution in [0.1, 0.15) is 17.0 Å². The van der Waals surface area contributed by atoms with Gasteiger partial charge in [-0.05, 0) is 58.5 Å². The molecule has 3 rings (SSSR count). The average Bonchev–Trinajstić information content (AvgIpc) is 2.46. The van der Waals surface area contributed by atoms with Crippen LogP contribution in [-0.2, 0) is 0 Å². The Bertz CT molecular complexity index is 792. The van der Waals surface area contributed by atoms with Gasteiger partial charge in [0.25, 0.3) is 0 Å². The Kier molecular flexibility index (Phi) is 3.47. The van der Waals surface area contributed by atoms with Gasteiger partial charge in [-0.1, -0.05) is 12.1 Å². The third-order valence-electron chi connectivity index (χ3n) is 3.42. The number of fused-ring (bicyclic) bond motifs is 1. The summed E-state index contributed by atoms with van der Waals surface area (Å²) in [5.41, 5.74) is 14.7. The van der Waals surface area contributed by atoms with Gasteiger partial charge in [-0.25, -0.2) is 0 Å². The van der Waals surface area contributed by atoms with E-state index in [0.29, 0.717) is 17.0 Å². The maximum atomic E-state index is 9.46. The van der Waals surface area contributed by atoms with Gasteiger partial charge in [0.2, 0.25) is 5.88 Å². The van der Waals surface area contributed by atoms with Crippen molar-refractivity contribution < 1.29 is 4.74 Å². The summed E-state index contributed by atoms with van der Waals surface area (Å²) < 4.78 is 6.65. The molecule has 1 unspecified atom stereocenters. The molecule has 1 atom stereocenters. The SMILES string of the molecule is N#CC1=C(N)Oc2ccc(N)cc2C1c1cccc(I)c1. The molecular formula is C16H12IN3O. The molecule has 0 aromatic heterocycles. The lowest BCUT2D eigenvalue weighted by molar-refractivity contribution is 0.394. The first-order valence-corrected chi connectivity index (χ1v) is 7.40. The van der Waals surface area contributed by atoms with Crippen molar-refractivity contribution in [2.75, 3.05) is 5.73 Å². The molecule has 0 spiro atoms. The lowest BCUT2D eigenvalue weighted by Crippen LogP contribution is -2.21. The Morgan fingerprint density at radius 2 is 1.95 bits per heavy atom. The second-order valence-corrected chi connectivity index (χ2v) is 6.02. The molecule has 4 nitrogen and oxygen atoms in total. The van der Waals surface area contributed by atoms with Crippen LogP contribution in [0.15, 0.2) is 53.9 Å². The van der Waals surface area contributed by atoms with E-state index in [0.717, 1.165) is 14.7 Å². The summed E-state index contributed by atoms with van der Waals surface area (Å²) in [5, 5.41) is 9.46. The summed E-state index contributed by atoms with van der Waals surface area (Å²) >= 11 is 2.25. The minimum Gasteiger partial charge on any atom is -0.440 e. The molecule has 2 aromatic carbocycles. The van der Waals surface area contributed by atoms with Crippen LogP contribution in [-0.4, -0.2) is 0 Å². The highest BCUT2D eigenvalue weighted by Crippen LogP contribution is 2.42. The molecule has 21 heavy (non-hydrogen) atoms. The van der Waals surface area contributed by atoms with E-state index in [-0.39, 0.29) is 11.8 Å². The van der Waals surface area contributed by atoms with E-state index >= 15 is 0 Å². The zero-order valence-corrected chi connectivity index (χ0v) is 13.2. The molecule has 104 valence electrons. The molecule has 4 N–H and O–H groups in total. The van der Waals surface area contributed by atoms with Gasteiger partial charge in [0.05, 0.1) is 5.92 Å². The Morgan fingerprint density at radius 3 is 2.67 bits per heavy atom. The minimum atomic E-state index is -0.253. The van der Waals surface area contributed by atoms with Crippen LogP contribution in [0.25, 0.3) is 0 Å². The van der Waals surface area contributed by atoms with Crippen molar-refractivity contribution in [1.29, 1.82) is 5.26 Å². The van der Waals surface area contributed by atoms with Crippen molar-refractivity contribution in [3.05, 3.63) is 68.6 Å². The summed E-state index contributed by atoms with van der Waals surface area (Å²) in [6.07, 6.45) is 0. The van der Waals surface area contributed by atoms with Gasteiger partial charge >= 0.3 is 0 Å². The molecule has 1 aliphatic heterocycles. The standard InChI is InChI=1S/C16H12IN3O/c17-10-3-1-2-9(6-10)15-12-7-11(19)4-5-14(12)21-16(20)13(15)8-18/h1-7,15H,19-20H2. The monoisotopic (exact) mass is 389 g/mol. The van der Waals surface area contributed by atoms with Crippen LogP contribution in [0.3, 0.4) is 0 Å². The van der Waals surface area contributed by atoms with Crippen molar-refractivity contribution in [2.24, 2.45) is 5.73 Å². The number of anilines is 1. The Balaban J connectivity index is 2.25. The van der Waals surface area contributed by atoms with E-state index < -0.39 is 0 Å². The third-order valence-corrected chi connectivity index (χ3v) is 4.09. The van der Waals surface area contributed by atoms with Crippen molar-refractivity contribution in [2.45, 2.75) is 5.92 Å². The van der Waals surface area contributed by atoms with E-state index in [1.54, 1.807) is 12.1 Å². The van der Waals surface area contributed by atoms with E-state index in [9.17, 15) is 5.26 Å². The van der Waals surface area contributed by atoms with E-state index in [1.807, 2.05) is 30.3 Å². The highest BCUT2D eigenvalue weighted by Gasteiger charge is 2.30. The smallest absolute Gasteiger partial charge is 0.205 e. The molecule has 0 aliphatic carbocycles. The normalized spacial score (nSPS) is 16.9. The first-order chi connectivity index (χ1) is 10.1. The van der Waals surface area contributed by atoms with Gasteiger partial charge in [-0.2, -0.15) is 5.26 Å². The first kappa shape index (κ1) is 13.8. The zero-order chi connectivity index (χ0) is 15.0. The molecule has 0 fully saturated rings. The van der Waals surface area contributed by atoms with Crippen LogP contribution in [0.5, 0.6) is 5.75 Å². The maximum absolute atomic E-state index is 9.46. The highest BCUT2D eigenvalue weighted by molar-refractivity contribution is 14.1. The van der Waals surface area contributed by atoms with Gasteiger partial charge in [0, 0.05) is 14.8 Å². The molecule has 0 amide bonds. The molecule has 1 aliphatic rings. The van der Waals surface area contributed by atoms with Crippen molar-refractivity contribution in [3.63, 3.8) is 0 Å². The number of hydrogen-bond donors (Lipinski definition) is 2. The quantitative estimate of drug-likeness (QED) is 0.580. The zero-order valence-electron chi connectivity index (χ0n) is 11.0. The number of rotatable bonds is 1. The average molecular weight is 389 g/mol. The summed E-state index contributed by atoms with van der Waals surface area (Å²) in [7, 11) is 0. The number of nitrogens with two attached hydrogens (primary N) is 2. The third kappa shape index (κ3) is 2.43. The summed E-state index contributed by atoms with van der Waals surface area (Å²) in [5.74, 6) is 0.542. The molecule has 0 bridgehead atoms. The molecule has 0 saturated heterocycles. The van der Waals surface area contributed by atoms with Crippen LogP contribution < -0.4 is 16.2 Å². The van der Waals surface area contributed by atoms with Crippen molar-refractivity contribution >= 4 is 28.3 Å². The number of nitrogen functional groups attached to an aromatic ring is 1. The number of benzene rings is 2. The van der Waals surface area contributed by atoms with E-state index in [2.05, 4.69) is 28.7 Å². The predicted molar refractivity (Wildman–Crippen MR) is 89.3 cm³/mol. The van der Waals surface area contributed by atoms with Gasteiger partial charge in [0.1, 0.15) is 17.4 Å². The molecule has 0 radical (unpaired) electrons. The second kappa shape index (κ2) is 5.30. The van der Waals surface area contributed by atoms with Crippen molar-refractivity contribution in [1.82, 2.24) is 0 Å². The fraction of sp³-hybridized carbons (Fsp3) is 0.0625. The number of allylic oxidation sites excluding steroid dienone is 1. The van der Waals surface area contributed by atoms with Crippen LogP contribution >= 0.6 is 22.6 Å². The number of hydrogen-bond acceptors (Lipinski definition) is 4. The Labute approximate surface area is 136 Å². The number of nitrogens with zero attached hydrogens (tertiary/aromatic N) is 1. The van der Waals surface area contributed by atoms with Crippen molar-refractivity contribution in [3.8, 4) is 11.8 Å². The molecule has 0 saturated carbocycles. The van der Waals surface area contributed by atoms with Gasteiger partial charge in [0.15, 0.2) is 0 Å².